The summed E-state index contributed by atoms with van der Waals surface area (Å²) in [6, 6.07) is 9.00. The third kappa shape index (κ3) is 5.20. The van der Waals surface area contributed by atoms with Crippen molar-refractivity contribution in [1.82, 2.24) is 25.2 Å². The lowest BCUT2D eigenvalue weighted by Crippen LogP contribution is -2.29. The van der Waals surface area contributed by atoms with Gasteiger partial charge in [0.2, 0.25) is 0 Å². The smallest absolute Gasteiger partial charge is 0.273 e. The molecule has 0 unspecified atom stereocenters. The van der Waals surface area contributed by atoms with E-state index in [4.69, 9.17) is 14.0 Å². The molecule has 2 aromatic heterocycles. The summed E-state index contributed by atoms with van der Waals surface area (Å²) >= 11 is 0. The number of rotatable bonds is 8. The van der Waals surface area contributed by atoms with E-state index in [1.165, 1.54) is 12.7 Å². The third-order valence-corrected chi connectivity index (χ3v) is 4.72. The van der Waals surface area contributed by atoms with Crippen molar-refractivity contribution in [2.45, 2.75) is 38.4 Å². The van der Waals surface area contributed by atoms with Crippen LogP contribution in [0.1, 0.15) is 41.9 Å². The lowest BCUT2D eigenvalue weighted by Gasteiger charge is -2.22. The average Bonchev–Trinajstić information content (AvgIpc) is 3.46. The van der Waals surface area contributed by atoms with Crippen molar-refractivity contribution in [3.05, 3.63) is 54.4 Å². The Bertz CT molecular complexity index is 901. The van der Waals surface area contributed by atoms with Gasteiger partial charge in [-0.3, -0.25) is 4.79 Å². The normalized spacial score (nSPS) is 16.5. The van der Waals surface area contributed by atoms with Gasteiger partial charge in [0.25, 0.3) is 5.91 Å². The largest absolute Gasteiger partial charge is 0.486 e. The topological polar surface area (TPSA) is 104 Å². The number of aromatic nitrogens is 4. The van der Waals surface area contributed by atoms with Gasteiger partial charge in [0.05, 0.1) is 11.8 Å². The molecular weight excluding hydrogens is 374 g/mol. The van der Waals surface area contributed by atoms with Gasteiger partial charge < -0.3 is 19.3 Å². The minimum atomic E-state index is -0.256. The second-order valence-electron chi connectivity index (χ2n) is 6.83. The van der Waals surface area contributed by atoms with Gasteiger partial charge in [-0.15, -0.1) is 0 Å². The van der Waals surface area contributed by atoms with Crippen LogP contribution in [0.25, 0.3) is 5.69 Å². The van der Waals surface area contributed by atoms with E-state index in [0.717, 1.165) is 31.6 Å². The first-order valence-corrected chi connectivity index (χ1v) is 9.71. The van der Waals surface area contributed by atoms with Crippen LogP contribution in [0.15, 0.2) is 47.5 Å². The number of hydrogen-bond acceptors (Lipinski definition) is 7. The second-order valence-corrected chi connectivity index (χ2v) is 6.83. The molecule has 4 rings (SSSR count). The molecule has 9 heteroatoms. The molecule has 1 aromatic carbocycles. The maximum Gasteiger partial charge on any atom is 0.273 e. The van der Waals surface area contributed by atoms with Crippen LogP contribution in [0.3, 0.4) is 0 Å². The second kappa shape index (κ2) is 9.33. The van der Waals surface area contributed by atoms with Crippen molar-refractivity contribution < 1.29 is 18.8 Å². The fourth-order valence-electron chi connectivity index (χ4n) is 3.15. The maximum absolute atomic E-state index is 12.2. The van der Waals surface area contributed by atoms with E-state index in [-0.39, 0.29) is 24.3 Å². The molecule has 29 heavy (non-hydrogen) atoms. The molecule has 1 atom stereocenters. The first kappa shape index (κ1) is 19.1. The minimum absolute atomic E-state index is 0.179. The van der Waals surface area contributed by atoms with Gasteiger partial charge in [0, 0.05) is 19.2 Å². The van der Waals surface area contributed by atoms with E-state index in [9.17, 15) is 4.79 Å². The molecule has 1 amide bonds. The fraction of sp³-hybridized carbons (Fsp3) is 0.400. The van der Waals surface area contributed by atoms with Gasteiger partial charge >= 0.3 is 0 Å². The van der Waals surface area contributed by atoms with Gasteiger partial charge in [-0.05, 0) is 49.9 Å². The number of ether oxygens (including phenoxy) is 2. The van der Waals surface area contributed by atoms with Crippen molar-refractivity contribution in [2.75, 3.05) is 13.2 Å². The SMILES string of the molecule is O=C(NCC[C@H]1CCCCO1)c1cc(COc2ccc(-n3cncn3)cc2)on1. The highest BCUT2D eigenvalue weighted by atomic mass is 16.5. The van der Waals surface area contributed by atoms with E-state index in [1.807, 2.05) is 24.3 Å². The Balaban J connectivity index is 1.23. The van der Waals surface area contributed by atoms with Crippen LogP contribution in [0, 0.1) is 0 Å². The Labute approximate surface area is 168 Å². The first-order chi connectivity index (χ1) is 14.3. The molecule has 3 heterocycles. The minimum Gasteiger partial charge on any atom is -0.486 e. The van der Waals surface area contributed by atoms with Crippen molar-refractivity contribution in [1.29, 1.82) is 0 Å². The number of hydrogen-bond donors (Lipinski definition) is 1. The van der Waals surface area contributed by atoms with Gasteiger partial charge in [-0.1, -0.05) is 5.16 Å². The lowest BCUT2D eigenvalue weighted by molar-refractivity contribution is 0.0117. The standard InChI is InChI=1S/C20H23N5O4/c26-20(22-9-8-16-3-1-2-10-27-16)19-11-18(29-24-19)12-28-17-6-4-15(5-7-17)25-14-21-13-23-25/h4-7,11,13-14,16H,1-3,8-10,12H2,(H,22,26)/t16-/m1/s1. The number of amides is 1. The Hall–Kier alpha value is -3.20. The summed E-state index contributed by atoms with van der Waals surface area (Å²) in [7, 11) is 0. The number of benzene rings is 1. The zero-order valence-corrected chi connectivity index (χ0v) is 16.0. The van der Waals surface area contributed by atoms with Crippen LogP contribution < -0.4 is 10.1 Å². The van der Waals surface area contributed by atoms with Gasteiger partial charge in [-0.25, -0.2) is 9.67 Å². The predicted octanol–water partition coefficient (Wildman–Crippen LogP) is 2.52. The van der Waals surface area contributed by atoms with E-state index in [2.05, 4.69) is 20.6 Å². The van der Waals surface area contributed by atoms with E-state index >= 15 is 0 Å². The Kier molecular flexibility index (Phi) is 6.16. The zero-order chi connectivity index (χ0) is 19.9. The fourth-order valence-corrected chi connectivity index (χ4v) is 3.15. The summed E-state index contributed by atoms with van der Waals surface area (Å²) in [6.07, 6.45) is 7.52. The summed E-state index contributed by atoms with van der Waals surface area (Å²) in [5.41, 5.74) is 1.13. The predicted molar refractivity (Wildman–Crippen MR) is 103 cm³/mol. The van der Waals surface area contributed by atoms with Crippen LogP contribution in [-0.2, 0) is 11.3 Å². The van der Waals surface area contributed by atoms with Crippen LogP contribution >= 0.6 is 0 Å². The third-order valence-electron chi connectivity index (χ3n) is 4.72. The van der Waals surface area contributed by atoms with Gasteiger partial charge in [-0.2, -0.15) is 5.10 Å². The number of nitrogens with one attached hydrogen (secondary N) is 1. The Morgan fingerprint density at radius 1 is 1.28 bits per heavy atom. The molecule has 1 aliphatic rings. The Morgan fingerprint density at radius 2 is 2.17 bits per heavy atom. The number of carbonyl (C=O) groups excluding carboxylic acids is 1. The maximum atomic E-state index is 12.2. The molecule has 1 N–H and O–H groups in total. The first-order valence-electron chi connectivity index (χ1n) is 9.71. The quantitative estimate of drug-likeness (QED) is 0.623. The van der Waals surface area contributed by atoms with Crippen LogP contribution in [0.5, 0.6) is 5.75 Å². The molecule has 1 aliphatic heterocycles. The molecule has 0 saturated carbocycles. The molecule has 1 saturated heterocycles. The molecule has 0 spiro atoms. The average molecular weight is 397 g/mol. The molecule has 0 radical (unpaired) electrons. The summed E-state index contributed by atoms with van der Waals surface area (Å²) in [4.78, 5) is 16.1. The van der Waals surface area contributed by atoms with Gasteiger partial charge in [0.1, 0.15) is 25.0 Å². The van der Waals surface area contributed by atoms with E-state index in [0.29, 0.717) is 18.1 Å². The summed E-state index contributed by atoms with van der Waals surface area (Å²) in [5.74, 6) is 0.892. The molecule has 0 bridgehead atoms. The summed E-state index contributed by atoms with van der Waals surface area (Å²) in [5, 5.41) is 10.8. The van der Waals surface area contributed by atoms with Gasteiger partial charge in [0.15, 0.2) is 11.5 Å². The monoisotopic (exact) mass is 397 g/mol. The highest BCUT2D eigenvalue weighted by Crippen LogP contribution is 2.17. The molecule has 9 nitrogen and oxygen atoms in total. The zero-order valence-electron chi connectivity index (χ0n) is 16.0. The van der Waals surface area contributed by atoms with Crippen LogP contribution in [0.4, 0.5) is 0 Å². The molecular formula is C20H23N5O4. The van der Waals surface area contributed by atoms with Crippen molar-refractivity contribution >= 4 is 5.91 Å². The molecule has 1 fully saturated rings. The summed E-state index contributed by atoms with van der Waals surface area (Å²) in [6.45, 7) is 1.55. The summed E-state index contributed by atoms with van der Waals surface area (Å²) < 4.78 is 18.2. The van der Waals surface area contributed by atoms with Crippen molar-refractivity contribution in [3.8, 4) is 11.4 Å². The molecule has 0 aliphatic carbocycles. The van der Waals surface area contributed by atoms with Crippen LogP contribution in [0.2, 0.25) is 0 Å². The number of nitrogens with zero attached hydrogens (tertiary/aromatic N) is 4. The highest BCUT2D eigenvalue weighted by molar-refractivity contribution is 5.92. The highest BCUT2D eigenvalue weighted by Gasteiger charge is 2.16. The van der Waals surface area contributed by atoms with E-state index in [1.54, 1.807) is 17.1 Å². The van der Waals surface area contributed by atoms with E-state index < -0.39 is 0 Å². The molecule has 3 aromatic rings. The number of carbonyl (C=O) groups is 1. The Morgan fingerprint density at radius 3 is 2.93 bits per heavy atom. The lowest BCUT2D eigenvalue weighted by atomic mass is 10.1. The molecule has 152 valence electrons. The van der Waals surface area contributed by atoms with Crippen molar-refractivity contribution in [2.24, 2.45) is 0 Å². The van der Waals surface area contributed by atoms with Crippen LogP contribution in [-0.4, -0.2) is 45.1 Å². The van der Waals surface area contributed by atoms with Crippen molar-refractivity contribution in [3.63, 3.8) is 0 Å².